The number of rotatable bonds is 4. The molecule has 1 heterocycles. The van der Waals surface area contributed by atoms with E-state index in [2.05, 4.69) is 0 Å². The first-order chi connectivity index (χ1) is 6.18. The van der Waals surface area contributed by atoms with E-state index >= 15 is 0 Å². The monoisotopic (exact) mass is 204 g/mol. The molecule has 0 saturated carbocycles. The van der Waals surface area contributed by atoms with Crippen LogP contribution in [0, 0.1) is 5.41 Å². The Kier molecular flexibility index (Phi) is 4.06. The summed E-state index contributed by atoms with van der Waals surface area (Å²) in [6.07, 6.45) is 5.02. The van der Waals surface area contributed by atoms with E-state index in [0.717, 1.165) is 25.5 Å². The second kappa shape index (κ2) is 4.86. The van der Waals surface area contributed by atoms with Gasteiger partial charge >= 0.3 is 0 Å². The molecule has 0 aromatic heterocycles. The van der Waals surface area contributed by atoms with Gasteiger partial charge in [0.05, 0.1) is 0 Å². The third-order valence-electron chi connectivity index (χ3n) is 2.63. The summed E-state index contributed by atoms with van der Waals surface area (Å²) in [5, 5.41) is 0. The molecule has 76 valence electrons. The summed E-state index contributed by atoms with van der Waals surface area (Å²) >= 11 is 0. The first kappa shape index (κ1) is 10.9. The van der Waals surface area contributed by atoms with Crippen LogP contribution in [0.3, 0.4) is 0 Å². The highest BCUT2D eigenvalue weighted by atomic mass is 32.2. The van der Waals surface area contributed by atoms with Crippen LogP contribution in [-0.4, -0.2) is 35.7 Å². The molecular formula is C9H16O3S. The van der Waals surface area contributed by atoms with Gasteiger partial charge in [0.1, 0.15) is 6.29 Å². The van der Waals surface area contributed by atoms with Crippen molar-refractivity contribution >= 4 is 17.1 Å². The van der Waals surface area contributed by atoms with Gasteiger partial charge in [-0.2, -0.15) is 0 Å². The number of ether oxygens (including phenoxy) is 1. The number of carbonyl (C=O) groups excluding carboxylic acids is 1. The molecule has 0 bridgehead atoms. The average Bonchev–Trinajstić information content (AvgIpc) is 2.16. The van der Waals surface area contributed by atoms with Crippen LogP contribution in [0.1, 0.15) is 19.3 Å². The van der Waals surface area contributed by atoms with Crippen molar-refractivity contribution < 1.29 is 13.7 Å². The van der Waals surface area contributed by atoms with Crippen LogP contribution in [0.4, 0.5) is 0 Å². The maximum atomic E-state index is 10.9. The Bertz CT molecular complexity index is 197. The van der Waals surface area contributed by atoms with Crippen LogP contribution in [0.25, 0.3) is 0 Å². The zero-order valence-electron chi connectivity index (χ0n) is 7.95. The molecule has 3 nitrogen and oxygen atoms in total. The summed E-state index contributed by atoms with van der Waals surface area (Å²) in [7, 11) is -0.794. The Labute approximate surface area is 81.3 Å². The Morgan fingerprint density at radius 2 is 2.08 bits per heavy atom. The van der Waals surface area contributed by atoms with E-state index in [9.17, 15) is 9.00 Å². The van der Waals surface area contributed by atoms with E-state index < -0.39 is 10.8 Å². The number of hydrogen-bond acceptors (Lipinski definition) is 3. The fraction of sp³-hybridized carbons (Fsp3) is 0.889. The van der Waals surface area contributed by atoms with Crippen molar-refractivity contribution in [3.05, 3.63) is 0 Å². The van der Waals surface area contributed by atoms with Gasteiger partial charge in [-0.3, -0.25) is 4.21 Å². The lowest BCUT2D eigenvalue weighted by Crippen LogP contribution is -2.32. The fourth-order valence-corrected chi connectivity index (χ4v) is 2.25. The van der Waals surface area contributed by atoms with Crippen molar-refractivity contribution in [3.8, 4) is 0 Å². The molecule has 0 amide bonds. The summed E-state index contributed by atoms with van der Waals surface area (Å²) in [6.45, 7) is 1.32. The van der Waals surface area contributed by atoms with Crippen molar-refractivity contribution in [2.45, 2.75) is 19.3 Å². The van der Waals surface area contributed by atoms with Crippen molar-refractivity contribution in [3.63, 3.8) is 0 Å². The molecule has 0 aromatic carbocycles. The second-order valence-electron chi connectivity index (χ2n) is 3.62. The first-order valence-electron chi connectivity index (χ1n) is 4.53. The van der Waals surface area contributed by atoms with Gasteiger partial charge in [-0.1, -0.05) is 0 Å². The quantitative estimate of drug-likeness (QED) is 0.635. The zero-order valence-corrected chi connectivity index (χ0v) is 8.77. The summed E-state index contributed by atoms with van der Waals surface area (Å²) < 4.78 is 16.1. The highest BCUT2D eigenvalue weighted by Gasteiger charge is 2.31. The predicted molar refractivity (Wildman–Crippen MR) is 52.1 cm³/mol. The van der Waals surface area contributed by atoms with E-state index in [0.29, 0.717) is 19.0 Å². The molecule has 0 spiro atoms. The van der Waals surface area contributed by atoms with E-state index in [1.807, 2.05) is 0 Å². The molecule has 0 aliphatic carbocycles. The largest absolute Gasteiger partial charge is 0.381 e. The Morgan fingerprint density at radius 1 is 1.46 bits per heavy atom. The molecular weight excluding hydrogens is 188 g/mol. The molecule has 0 aromatic rings. The summed E-state index contributed by atoms with van der Waals surface area (Å²) in [5.74, 6) is 0.624. The molecule has 1 aliphatic rings. The van der Waals surface area contributed by atoms with Gasteiger partial charge in [0, 0.05) is 41.4 Å². The average molecular weight is 204 g/mol. The van der Waals surface area contributed by atoms with Gasteiger partial charge in [0.25, 0.3) is 0 Å². The number of aldehydes is 1. The zero-order chi connectivity index (χ0) is 9.73. The van der Waals surface area contributed by atoms with Crippen molar-refractivity contribution in [1.82, 2.24) is 0 Å². The van der Waals surface area contributed by atoms with Crippen LogP contribution < -0.4 is 0 Å². The van der Waals surface area contributed by atoms with Gasteiger partial charge in [-0.05, 0) is 19.3 Å². The molecule has 1 fully saturated rings. The van der Waals surface area contributed by atoms with Gasteiger partial charge in [-0.25, -0.2) is 0 Å². The maximum absolute atomic E-state index is 10.9. The Morgan fingerprint density at radius 3 is 2.54 bits per heavy atom. The van der Waals surface area contributed by atoms with Crippen molar-refractivity contribution in [2.75, 3.05) is 25.2 Å². The van der Waals surface area contributed by atoms with Crippen LogP contribution in [-0.2, 0) is 20.3 Å². The molecule has 1 unspecified atom stereocenters. The first-order valence-corrected chi connectivity index (χ1v) is 6.25. The summed E-state index contributed by atoms with van der Waals surface area (Å²) in [4.78, 5) is 10.9. The molecule has 1 rings (SSSR count). The van der Waals surface area contributed by atoms with Crippen LogP contribution >= 0.6 is 0 Å². The molecule has 0 N–H and O–H groups in total. The molecule has 0 radical (unpaired) electrons. The second-order valence-corrected chi connectivity index (χ2v) is 5.17. The highest BCUT2D eigenvalue weighted by molar-refractivity contribution is 7.84. The Balaban J connectivity index is 2.47. The van der Waals surface area contributed by atoms with Gasteiger partial charge in [0.15, 0.2) is 0 Å². The minimum absolute atomic E-state index is 0.246. The highest BCUT2D eigenvalue weighted by Crippen LogP contribution is 2.31. The summed E-state index contributed by atoms with van der Waals surface area (Å²) in [6, 6.07) is 0. The van der Waals surface area contributed by atoms with Crippen LogP contribution in [0.5, 0.6) is 0 Å². The number of carbonyl (C=O) groups is 1. The smallest absolute Gasteiger partial charge is 0.126 e. The van der Waals surface area contributed by atoms with Gasteiger partial charge in [-0.15, -0.1) is 0 Å². The standard InChI is InChI=1S/C9H16O3S/c1-13(11)7-4-9(8-10)2-5-12-6-3-9/h8H,2-7H2,1H3. The van der Waals surface area contributed by atoms with Gasteiger partial charge in [0.2, 0.25) is 0 Å². The molecule has 4 heteroatoms. The molecule has 1 aliphatic heterocycles. The van der Waals surface area contributed by atoms with Crippen molar-refractivity contribution in [2.24, 2.45) is 5.41 Å². The predicted octanol–water partition coefficient (Wildman–Crippen LogP) is 0.751. The van der Waals surface area contributed by atoms with Crippen molar-refractivity contribution in [1.29, 1.82) is 0 Å². The molecule has 1 atom stereocenters. The van der Waals surface area contributed by atoms with E-state index in [1.54, 1.807) is 6.26 Å². The molecule has 1 saturated heterocycles. The topological polar surface area (TPSA) is 43.4 Å². The maximum Gasteiger partial charge on any atom is 0.126 e. The van der Waals surface area contributed by atoms with Crippen LogP contribution in [0.2, 0.25) is 0 Å². The van der Waals surface area contributed by atoms with Gasteiger partial charge < -0.3 is 9.53 Å². The van der Waals surface area contributed by atoms with E-state index in [-0.39, 0.29) is 5.41 Å². The summed E-state index contributed by atoms with van der Waals surface area (Å²) in [5.41, 5.74) is -0.246. The van der Waals surface area contributed by atoms with Crippen LogP contribution in [0.15, 0.2) is 0 Å². The molecule has 13 heavy (non-hydrogen) atoms. The van der Waals surface area contributed by atoms with E-state index in [4.69, 9.17) is 4.74 Å². The lowest BCUT2D eigenvalue weighted by molar-refractivity contribution is -0.121. The normalized spacial score (nSPS) is 23.8. The third-order valence-corrected chi connectivity index (χ3v) is 3.41. The lowest BCUT2D eigenvalue weighted by Gasteiger charge is -2.31. The SMILES string of the molecule is CS(=O)CCC1(C=O)CCOCC1. The third kappa shape index (κ3) is 3.19. The van der Waals surface area contributed by atoms with E-state index in [1.165, 1.54) is 0 Å². The lowest BCUT2D eigenvalue weighted by atomic mass is 9.79. The minimum Gasteiger partial charge on any atom is -0.381 e. The number of hydrogen-bond donors (Lipinski definition) is 0. The fourth-order valence-electron chi connectivity index (χ4n) is 1.55. The Hall–Kier alpha value is -0.220. The minimum atomic E-state index is -0.794.